The predicted octanol–water partition coefficient (Wildman–Crippen LogP) is 2.47. The third-order valence-electron chi connectivity index (χ3n) is 4.34. The van der Waals surface area contributed by atoms with Gasteiger partial charge in [-0.25, -0.2) is 9.69 Å². The molecule has 2 aromatic rings. The molecule has 0 aromatic heterocycles. The van der Waals surface area contributed by atoms with Crippen LogP contribution < -0.4 is 19.7 Å². The van der Waals surface area contributed by atoms with E-state index in [4.69, 9.17) is 9.47 Å². The number of fused-ring (bicyclic) bond motifs is 1. The van der Waals surface area contributed by atoms with Gasteiger partial charge in [0.2, 0.25) is 12.7 Å². The normalized spacial score (nSPS) is 15.6. The molecule has 8 heteroatoms. The summed E-state index contributed by atoms with van der Waals surface area (Å²) in [5.41, 5.74) is 1.69. The van der Waals surface area contributed by atoms with Crippen molar-refractivity contribution >= 4 is 35.3 Å². The summed E-state index contributed by atoms with van der Waals surface area (Å²) in [7, 11) is 1.56. The lowest BCUT2D eigenvalue weighted by Crippen LogP contribution is -2.31. The lowest BCUT2D eigenvalue weighted by Gasteiger charge is -2.15. The minimum atomic E-state index is -0.392. The van der Waals surface area contributed by atoms with Gasteiger partial charge in [0.1, 0.15) is 6.54 Å². The summed E-state index contributed by atoms with van der Waals surface area (Å²) in [6, 6.07) is 11.6. The molecule has 1 fully saturated rings. The van der Waals surface area contributed by atoms with Crippen molar-refractivity contribution < 1.29 is 23.9 Å². The molecule has 4 amide bonds. The Morgan fingerprint density at radius 1 is 1.11 bits per heavy atom. The molecule has 1 saturated heterocycles. The van der Waals surface area contributed by atoms with Crippen LogP contribution in [0.3, 0.4) is 0 Å². The second kappa shape index (κ2) is 7.07. The molecule has 2 heterocycles. The van der Waals surface area contributed by atoms with E-state index in [1.165, 1.54) is 11.0 Å². The van der Waals surface area contributed by atoms with Gasteiger partial charge in [0.25, 0.3) is 5.91 Å². The maximum absolute atomic E-state index is 12.2. The largest absolute Gasteiger partial charge is 0.454 e. The zero-order chi connectivity index (χ0) is 19.7. The highest BCUT2D eigenvalue weighted by atomic mass is 16.7. The molecule has 2 aliphatic heterocycles. The number of amides is 4. The molecular formula is C20H17N3O5. The lowest BCUT2D eigenvalue weighted by molar-refractivity contribution is -0.116. The third-order valence-corrected chi connectivity index (χ3v) is 4.34. The standard InChI is InChI=1S/C20H17N3O5/c1-22-11-19(25)23(20(22)26)15-4-2-3-14(10-15)21-18(24)8-6-13-5-7-16-17(9-13)28-12-27-16/h2-10H,11-12H2,1H3,(H,21,24)/b8-6+. The summed E-state index contributed by atoms with van der Waals surface area (Å²) in [6.07, 6.45) is 3.05. The maximum atomic E-state index is 12.2. The number of carbonyl (C=O) groups excluding carboxylic acids is 3. The molecule has 1 N–H and O–H groups in total. The number of urea groups is 1. The minimum absolute atomic E-state index is 0.0354. The van der Waals surface area contributed by atoms with Crippen LogP contribution in [-0.4, -0.2) is 43.1 Å². The SMILES string of the molecule is CN1CC(=O)N(c2cccc(NC(=O)/C=C/c3ccc4c(c3)OCO4)c2)C1=O. The molecule has 2 aromatic carbocycles. The Labute approximate surface area is 160 Å². The van der Waals surface area contributed by atoms with Crippen LogP contribution in [0.2, 0.25) is 0 Å². The monoisotopic (exact) mass is 379 g/mol. The number of hydrogen-bond donors (Lipinski definition) is 1. The number of carbonyl (C=O) groups is 3. The summed E-state index contributed by atoms with van der Waals surface area (Å²) in [4.78, 5) is 38.8. The van der Waals surface area contributed by atoms with E-state index in [2.05, 4.69) is 5.32 Å². The average Bonchev–Trinajstić information content (AvgIpc) is 3.24. The van der Waals surface area contributed by atoms with Crippen molar-refractivity contribution in [3.05, 3.63) is 54.1 Å². The van der Waals surface area contributed by atoms with Crippen molar-refractivity contribution in [1.82, 2.24) is 4.90 Å². The smallest absolute Gasteiger partial charge is 0.331 e. The Bertz CT molecular complexity index is 1000. The number of hydrogen-bond acceptors (Lipinski definition) is 5. The van der Waals surface area contributed by atoms with Crippen molar-refractivity contribution in [2.45, 2.75) is 0 Å². The molecule has 4 rings (SSSR count). The average molecular weight is 379 g/mol. The number of benzene rings is 2. The molecule has 0 bridgehead atoms. The van der Waals surface area contributed by atoms with Gasteiger partial charge >= 0.3 is 6.03 Å². The van der Waals surface area contributed by atoms with Crippen LogP contribution in [0.1, 0.15) is 5.56 Å². The van der Waals surface area contributed by atoms with E-state index in [-0.39, 0.29) is 25.2 Å². The third kappa shape index (κ3) is 3.39. The highest BCUT2D eigenvalue weighted by Gasteiger charge is 2.34. The number of nitrogens with zero attached hydrogens (tertiary/aromatic N) is 2. The van der Waals surface area contributed by atoms with Crippen LogP contribution in [0.15, 0.2) is 48.5 Å². The Hall–Kier alpha value is -3.81. The second-order valence-corrected chi connectivity index (χ2v) is 6.35. The molecule has 0 radical (unpaired) electrons. The van der Waals surface area contributed by atoms with E-state index in [0.717, 1.165) is 10.5 Å². The second-order valence-electron chi connectivity index (χ2n) is 6.35. The molecule has 0 atom stereocenters. The first kappa shape index (κ1) is 17.6. The number of anilines is 2. The van der Waals surface area contributed by atoms with Crippen LogP contribution >= 0.6 is 0 Å². The maximum Gasteiger partial charge on any atom is 0.331 e. The topological polar surface area (TPSA) is 88.2 Å². The molecule has 0 spiro atoms. The van der Waals surface area contributed by atoms with E-state index in [1.54, 1.807) is 49.5 Å². The summed E-state index contributed by atoms with van der Waals surface area (Å²) in [5.74, 6) is 0.667. The van der Waals surface area contributed by atoms with Crippen molar-refractivity contribution in [3.63, 3.8) is 0 Å². The fourth-order valence-electron chi connectivity index (χ4n) is 2.97. The van der Waals surface area contributed by atoms with Crippen molar-refractivity contribution in [3.8, 4) is 11.5 Å². The Morgan fingerprint density at radius 3 is 2.71 bits per heavy atom. The summed E-state index contributed by atoms with van der Waals surface area (Å²) >= 11 is 0. The van der Waals surface area contributed by atoms with E-state index >= 15 is 0 Å². The molecule has 8 nitrogen and oxygen atoms in total. The van der Waals surface area contributed by atoms with Gasteiger partial charge in [-0.2, -0.15) is 0 Å². The van der Waals surface area contributed by atoms with Gasteiger partial charge in [0, 0.05) is 18.8 Å². The fraction of sp³-hybridized carbons (Fsp3) is 0.150. The minimum Gasteiger partial charge on any atom is -0.454 e. The number of rotatable bonds is 4. The Kier molecular flexibility index (Phi) is 4.44. The summed E-state index contributed by atoms with van der Waals surface area (Å²) in [6.45, 7) is 0.227. The van der Waals surface area contributed by atoms with Gasteiger partial charge in [-0.3, -0.25) is 9.59 Å². The van der Waals surface area contributed by atoms with Crippen molar-refractivity contribution in [1.29, 1.82) is 0 Å². The van der Waals surface area contributed by atoms with Crippen LogP contribution in [-0.2, 0) is 9.59 Å². The molecule has 0 unspecified atom stereocenters. The Balaban J connectivity index is 1.45. The number of likely N-dealkylation sites (N-methyl/N-ethyl adjacent to an activating group) is 1. The highest BCUT2D eigenvalue weighted by molar-refractivity contribution is 6.20. The van der Waals surface area contributed by atoms with Crippen LogP contribution in [0.5, 0.6) is 11.5 Å². The molecule has 142 valence electrons. The number of imide groups is 1. The lowest BCUT2D eigenvalue weighted by atomic mass is 10.2. The Morgan fingerprint density at radius 2 is 1.93 bits per heavy atom. The van der Waals surface area contributed by atoms with Crippen LogP contribution in [0, 0.1) is 0 Å². The molecular weight excluding hydrogens is 362 g/mol. The van der Waals surface area contributed by atoms with Gasteiger partial charge in [-0.1, -0.05) is 12.1 Å². The van der Waals surface area contributed by atoms with Crippen molar-refractivity contribution in [2.24, 2.45) is 0 Å². The number of ether oxygens (including phenoxy) is 2. The number of nitrogens with one attached hydrogen (secondary N) is 1. The van der Waals surface area contributed by atoms with E-state index in [9.17, 15) is 14.4 Å². The van der Waals surface area contributed by atoms with Gasteiger partial charge in [0.15, 0.2) is 11.5 Å². The zero-order valence-electron chi connectivity index (χ0n) is 15.0. The fourth-order valence-corrected chi connectivity index (χ4v) is 2.97. The van der Waals surface area contributed by atoms with Gasteiger partial charge in [-0.05, 0) is 42.0 Å². The zero-order valence-corrected chi connectivity index (χ0v) is 15.0. The predicted molar refractivity (Wildman–Crippen MR) is 102 cm³/mol. The first-order valence-electron chi connectivity index (χ1n) is 8.58. The van der Waals surface area contributed by atoms with Gasteiger partial charge in [0.05, 0.1) is 5.69 Å². The molecule has 0 aliphatic carbocycles. The first-order valence-corrected chi connectivity index (χ1v) is 8.58. The molecule has 0 saturated carbocycles. The summed E-state index contributed by atoms with van der Waals surface area (Å²) < 4.78 is 10.6. The highest BCUT2D eigenvalue weighted by Crippen LogP contribution is 2.32. The molecule has 28 heavy (non-hydrogen) atoms. The van der Waals surface area contributed by atoms with E-state index in [0.29, 0.717) is 22.9 Å². The molecule has 2 aliphatic rings. The van der Waals surface area contributed by atoms with Gasteiger partial charge < -0.3 is 19.7 Å². The van der Waals surface area contributed by atoms with Crippen LogP contribution in [0.25, 0.3) is 6.08 Å². The van der Waals surface area contributed by atoms with E-state index in [1.807, 2.05) is 6.07 Å². The van der Waals surface area contributed by atoms with Crippen molar-refractivity contribution in [2.75, 3.05) is 30.6 Å². The quantitative estimate of drug-likeness (QED) is 0.651. The van der Waals surface area contributed by atoms with Crippen LogP contribution in [0.4, 0.5) is 16.2 Å². The van der Waals surface area contributed by atoms with Gasteiger partial charge in [-0.15, -0.1) is 0 Å². The summed E-state index contributed by atoms with van der Waals surface area (Å²) in [5, 5.41) is 2.72. The van der Waals surface area contributed by atoms with E-state index < -0.39 is 6.03 Å². The first-order chi connectivity index (χ1) is 13.5.